The summed E-state index contributed by atoms with van der Waals surface area (Å²) in [6, 6.07) is 22.5. The van der Waals surface area contributed by atoms with Crippen molar-refractivity contribution in [3.8, 4) is 11.5 Å². The van der Waals surface area contributed by atoms with Crippen LogP contribution in [0.2, 0.25) is 0 Å². The third-order valence-electron chi connectivity index (χ3n) is 4.23. The van der Waals surface area contributed by atoms with Crippen molar-refractivity contribution in [3.05, 3.63) is 78.4 Å². The SMILES string of the molecule is COc1ccc(C(=O)CSc2cccc(NC(=S)Nc3ccccc3OC)c2)cc1. The van der Waals surface area contributed by atoms with E-state index in [0.717, 1.165) is 22.0 Å². The van der Waals surface area contributed by atoms with E-state index >= 15 is 0 Å². The average Bonchev–Trinajstić information content (AvgIpc) is 2.78. The molecule has 0 atom stereocenters. The molecule has 3 rings (SSSR count). The Hall–Kier alpha value is -3.03. The number of rotatable bonds is 8. The predicted molar refractivity (Wildman–Crippen MR) is 127 cm³/mol. The fourth-order valence-corrected chi connectivity index (χ4v) is 3.78. The van der Waals surface area contributed by atoms with Gasteiger partial charge in [0.2, 0.25) is 0 Å². The van der Waals surface area contributed by atoms with Gasteiger partial charge in [-0.3, -0.25) is 4.79 Å². The van der Waals surface area contributed by atoms with Crippen LogP contribution >= 0.6 is 24.0 Å². The Balaban J connectivity index is 1.57. The van der Waals surface area contributed by atoms with Gasteiger partial charge in [-0.25, -0.2) is 0 Å². The van der Waals surface area contributed by atoms with E-state index in [1.807, 2.05) is 48.5 Å². The molecule has 5 nitrogen and oxygen atoms in total. The second-order valence-corrected chi connectivity index (χ2v) is 7.70. The Morgan fingerprint density at radius 2 is 1.70 bits per heavy atom. The van der Waals surface area contributed by atoms with E-state index in [4.69, 9.17) is 21.7 Å². The van der Waals surface area contributed by atoms with E-state index in [-0.39, 0.29) is 5.78 Å². The Morgan fingerprint density at radius 3 is 2.43 bits per heavy atom. The summed E-state index contributed by atoms with van der Waals surface area (Å²) in [7, 11) is 3.22. The van der Waals surface area contributed by atoms with Crippen LogP contribution in [0.3, 0.4) is 0 Å². The van der Waals surface area contributed by atoms with E-state index in [9.17, 15) is 4.79 Å². The van der Waals surface area contributed by atoms with Gasteiger partial charge >= 0.3 is 0 Å². The van der Waals surface area contributed by atoms with Crippen LogP contribution in [0.5, 0.6) is 11.5 Å². The first-order chi connectivity index (χ1) is 14.6. The third kappa shape index (κ3) is 5.98. The number of methoxy groups -OCH3 is 2. The number of hydrogen-bond acceptors (Lipinski definition) is 5. The molecule has 0 bridgehead atoms. The molecule has 0 aliphatic carbocycles. The van der Waals surface area contributed by atoms with E-state index in [1.165, 1.54) is 11.8 Å². The number of para-hydroxylation sites is 2. The van der Waals surface area contributed by atoms with Gasteiger partial charge in [-0.2, -0.15) is 0 Å². The van der Waals surface area contributed by atoms with Crippen molar-refractivity contribution in [2.24, 2.45) is 0 Å². The van der Waals surface area contributed by atoms with Gasteiger partial charge in [-0.15, -0.1) is 11.8 Å². The molecule has 0 unspecified atom stereocenters. The first-order valence-corrected chi connectivity index (χ1v) is 10.6. The number of benzene rings is 3. The highest BCUT2D eigenvalue weighted by Gasteiger charge is 2.08. The quantitative estimate of drug-likeness (QED) is 0.274. The van der Waals surface area contributed by atoms with Gasteiger partial charge in [0.1, 0.15) is 11.5 Å². The number of ketones is 1. The van der Waals surface area contributed by atoms with Gasteiger partial charge in [0, 0.05) is 16.1 Å². The van der Waals surface area contributed by atoms with Crippen molar-refractivity contribution < 1.29 is 14.3 Å². The maximum absolute atomic E-state index is 12.4. The Bertz CT molecular complexity index is 1020. The number of carbonyl (C=O) groups excluding carboxylic acids is 1. The molecule has 7 heteroatoms. The molecule has 0 fully saturated rings. The van der Waals surface area contributed by atoms with Crippen LogP contribution in [-0.2, 0) is 0 Å². The summed E-state index contributed by atoms with van der Waals surface area (Å²) in [5.74, 6) is 1.85. The molecule has 0 heterocycles. The van der Waals surface area contributed by atoms with E-state index in [2.05, 4.69) is 10.6 Å². The van der Waals surface area contributed by atoms with Crippen LogP contribution in [0.1, 0.15) is 10.4 Å². The molecule has 0 saturated carbocycles. The van der Waals surface area contributed by atoms with Crippen LogP contribution in [0, 0.1) is 0 Å². The molecule has 3 aromatic rings. The molecule has 0 aliphatic heterocycles. The molecule has 0 spiro atoms. The topological polar surface area (TPSA) is 59.6 Å². The fourth-order valence-electron chi connectivity index (χ4n) is 2.71. The summed E-state index contributed by atoms with van der Waals surface area (Å²) in [6.45, 7) is 0. The monoisotopic (exact) mass is 438 g/mol. The minimum Gasteiger partial charge on any atom is -0.497 e. The van der Waals surface area contributed by atoms with E-state index in [1.54, 1.807) is 38.5 Å². The minimum absolute atomic E-state index is 0.0642. The summed E-state index contributed by atoms with van der Waals surface area (Å²) in [5, 5.41) is 6.76. The largest absolute Gasteiger partial charge is 0.497 e. The molecule has 0 radical (unpaired) electrons. The molecule has 2 N–H and O–H groups in total. The number of Topliss-reactive ketones (excluding diaryl/α,β-unsaturated/α-hetero) is 1. The predicted octanol–water partition coefficient (Wildman–Crippen LogP) is 5.49. The Labute approximate surface area is 185 Å². The van der Waals surface area contributed by atoms with Crippen LogP contribution in [0.15, 0.2) is 77.7 Å². The normalized spacial score (nSPS) is 10.2. The number of anilines is 2. The molecule has 0 amide bonds. The summed E-state index contributed by atoms with van der Waals surface area (Å²) in [5.41, 5.74) is 2.29. The summed E-state index contributed by atoms with van der Waals surface area (Å²) < 4.78 is 10.5. The summed E-state index contributed by atoms with van der Waals surface area (Å²) in [4.78, 5) is 13.4. The molecule has 0 aromatic heterocycles. The lowest BCUT2D eigenvalue weighted by molar-refractivity contribution is 0.102. The zero-order valence-corrected chi connectivity index (χ0v) is 18.3. The van der Waals surface area contributed by atoms with E-state index in [0.29, 0.717) is 22.2 Å². The second kappa shape index (κ2) is 10.7. The molecule has 0 aliphatic rings. The molecule has 0 saturated heterocycles. The van der Waals surface area contributed by atoms with Crippen LogP contribution in [0.25, 0.3) is 0 Å². The fraction of sp³-hybridized carbons (Fsp3) is 0.130. The van der Waals surface area contributed by atoms with Gasteiger partial charge in [0.05, 0.1) is 25.7 Å². The lowest BCUT2D eigenvalue weighted by Crippen LogP contribution is -2.19. The highest BCUT2D eigenvalue weighted by atomic mass is 32.2. The molecule has 154 valence electrons. The molecule has 30 heavy (non-hydrogen) atoms. The number of nitrogens with one attached hydrogen (secondary N) is 2. The summed E-state index contributed by atoms with van der Waals surface area (Å²) in [6.07, 6.45) is 0. The van der Waals surface area contributed by atoms with Crippen molar-refractivity contribution in [3.63, 3.8) is 0 Å². The number of carbonyl (C=O) groups is 1. The van der Waals surface area contributed by atoms with E-state index < -0.39 is 0 Å². The highest BCUT2D eigenvalue weighted by molar-refractivity contribution is 8.00. The maximum atomic E-state index is 12.4. The van der Waals surface area contributed by atoms with Gasteiger partial charge in [0.25, 0.3) is 0 Å². The van der Waals surface area contributed by atoms with Gasteiger partial charge in [-0.05, 0) is 66.8 Å². The number of hydrogen-bond donors (Lipinski definition) is 2. The highest BCUT2D eigenvalue weighted by Crippen LogP contribution is 2.25. The van der Waals surface area contributed by atoms with Gasteiger partial charge in [0.15, 0.2) is 10.9 Å². The first-order valence-electron chi connectivity index (χ1n) is 9.20. The van der Waals surface area contributed by atoms with Gasteiger partial charge < -0.3 is 20.1 Å². The van der Waals surface area contributed by atoms with Crippen LogP contribution < -0.4 is 20.1 Å². The maximum Gasteiger partial charge on any atom is 0.175 e. The second-order valence-electron chi connectivity index (χ2n) is 6.25. The van der Waals surface area contributed by atoms with Crippen molar-refractivity contribution in [2.45, 2.75) is 4.90 Å². The van der Waals surface area contributed by atoms with Crippen molar-refractivity contribution in [2.75, 3.05) is 30.6 Å². The first kappa shape index (κ1) is 21.7. The zero-order chi connectivity index (χ0) is 21.3. The smallest absolute Gasteiger partial charge is 0.175 e. The van der Waals surface area contributed by atoms with Crippen molar-refractivity contribution in [1.29, 1.82) is 0 Å². The Morgan fingerprint density at radius 1 is 0.933 bits per heavy atom. The lowest BCUT2D eigenvalue weighted by Gasteiger charge is -2.13. The standard InChI is InChI=1S/C23H22N2O3S2/c1-27-18-12-10-16(11-13-18)21(26)15-30-19-7-5-6-17(14-19)24-23(29)25-20-8-3-4-9-22(20)28-2/h3-14H,15H2,1-2H3,(H2,24,25,29). The van der Waals surface area contributed by atoms with Gasteiger partial charge in [-0.1, -0.05) is 18.2 Å². The molecular formula is C23H22N2O3S2. The summed E-state index contributed by atoms with van der Waals surface area (Å²) >= 11 is 6.89. The molecular weight excluding hydrogens is 416 g/mol. The molecule has 3 aromatic carbocycles. The lowest BCUT2D eigenvalue weighted by atomic mass is 10.1. The number of thioether (sulfide) groups is 1. The third-order valence-corrected chi connectivity index (χ3v) is 5.43. The Kier molecular flexibility index (Phi) is 7.70. The van der Waals surface area contributed by atoms with Crippen LogP contribution in [-0.4, -0.2) is 30.9 Å². The van der Waals surface area contributed by atoms with Crippen molar-refractivity contribution in [1.82, 2.24) is 0 Å². The number of thiocarbonyl (C=S) groups is 1. The number of ether oxygens (including phenoxy) is 2. The van der Waals surface area contributed by atoms with Crippen LogP contribution in [0.4, 0.5) is 11.4 Å². The minimum atomic E-state index is 0.0642. The van der Waals surface area contributed by atoms with Crippen molar-refractivity contribution >= 4 is 46.3 Å². The average molecular weight is 439 g/mol. The zero-order valence-electron chi connectivity index (χ0n) is 16.7.